The summed E-state index contributed by atoms with van der Waals surface area (Å²) in [5.74, 6) is -3.41. The van der Waals surface area contributed by atoms with E-state index in [2.05, 4.69) is 11.9 Å². The van der Waals surface area contributed by atoms with Crippen LogP contribution in [0.4, 0.5) is 0 Å². The fourth-order valence-electron chi connectivity index (χ4n) is 4.22. The first-order valence-electron chi connectivity index (χ1n) is 11.1. The van der Waals surface area contributed by atoms with Gasteiger partial charge in [0.05, 0.1) is 5.92 Å². The summed E-state index contributed by atoms with van der Waals surface area (Å²) in [4.78, 5) is 36.9. The molecule has 0 bridgehead atoms. The Labute approximate surface area is 183 Å². The second-order valence-electron chi connectivity index (χ2n) is 8.24. The van der Waals surface area contributed by atoms with Crippen LogP contribution in [0.2, 0.25) is 0 Å². The third-order valence-corrected chi connectivity index (χ3v) is 8.53. The van der Waals surface area contributed by atoms with Crippen LogP contribution in [0.3, 0.4) is 0 Å². The zero-order valence-electron chi connectivity index (χ0n) is 18.1. The van der Waals surface area contributed by atoms with E-state index in [1.54, 1.807) is 0 Å². The van der Waals surface area contributed by atoms with Gasteiger partial charge in [-0.15, -0.1) is 0 Å². The molecule has 2 rings (SSSR count). The normalized spacial score (nSPS) is 15.4. The average Bonchev–Trinajstić information content (AvgIpc) is 3.12. The molecule has 1 aromatic carbocycles. The molecule has 7 nitrogen and oxygen atoms in total. The van der Waals surface area contributed by atoms with Crippen LogP contribution in [-0.2, 0) is 20.6 Å². The van der Waals surface area contributed by atoms with Gasteiger partial charge in [-0.05, 0) is 37.3 Å². The fourth-order valence-corrected chi connectivity index (χ4v) is 6.59. The summed E-state index contributed by atoms with van der Waals surface area (Å²) in [6, 6.07) is 7.87. The van der Waals surface area contributed by atoms with Gasteiger partial charge in [0.15, 0.2) is 0 Å². The van der Waals surface area contributed by atoms with E-state index in [4.69, 9.17) is 5.11 Å². The lowest BCUT2D eigenvalue weighted by molar-refractivity contribution is -0.143. The topological polar surface area (TPSA) is 128 Å². The first-order chi connectivity index (χ1) is 14.8. The average molecular weight is 452 g/mol. The van der Waals surface area contributed by atoms with Gasteiger partial charge in [0.1, 0.15) is 0 Å². The molecule has 172 valence electrons. The number of benzene rings is 1. The smallest absolute Gasteiger partial charge is 0.307 e. The first kappa shape index (κ1) is 25.2. The Morgan fingerprint density at radius 3 is 2.48 bits per heavy atom. The molecule has 4 N–H and O–H groups in total. The number of carbonyl (C=O) groups is 2. The van der Waals surface area contributed by atoms with Gasteiger partial charge >= 0.3 is 11.9 Å². The third kappa shape index (κ3) is 7.51. The van der Waals surface area contributed by atoms with Crippen molar-refractivity contribution in [3.63, 3.8) is 0 Å². The number of para-hydroxylation sites is 1. The van der Waals surface area contributed by atoms with Crippen molar-refractivity contribution < 1.29 is 29.3 Å². The molecule has 0 spiro atoms. The molecule has 31 heavy (non-hydrogen) atoms. The van der Waals surface area contributed by atoms with E-state index in [1.807, 2.05) is 30.5 Å². The van der Waals surface area contributed by atoms with Crippen LogP contribution in [0, 0.1) is 5.92 Å². The van der Waals surface area contributed by atoms with Crippen LogP contribution >= 0.6 is 7.37 Å². The molecule has 8 heteroatoms. The van der Waals surface area contributed by atoms with E-state index in [0.29, 0.717) is 25.7 Å². The standard InChI is InChI=1S/C23H34NO6P/c1-2-3-4-5-12-21(19(23(27)28)13-14-22(25)26)31(29,30)15-8-9-17-16-24-20-11-7-6-10-18(17)20/h6-7,10-11,16,19,21,24H,2-5,8-9,12-15H2,1H3,(H,25,26)(H,27,28)(H,29,30). The minimum atomic E-state index is -3.78. The van der Waals surface area contributed by atoms with E-state index in [1.165, 1.54) is 0 Å². The number of aromatic nitrogens is 1. The molecule has 0 amide bonds. The molecule has 0 aliphatic heterocycles. The molecule has 1 heterocycles. The number of unbranched alkanes of at least 4 members (excludes halogenated alkanes) is 3. The van der Waals surface area contributed by atoms with Gasteiger partial charge < -0.3 is 20.1 Å². The van der Waals surface area contributed by atoms with Crippen molar-refractivity contribution in [2.24, 2.45) is 5.92 Å². The molecule has 0 radical (unpaired) electrons. The first-order valence-corrected chi connectivity index (χ1v) is 13.0. The maximum atomic E-state index is 13.3. The van der Waals surface area contributed by atoms with Gasteiger partial charge in [-0.2, -0.15) is 0 Å². The number of fused-ring (bicyclic) bond motifs is 1. The monoisotopic (exact) mass is 451 g/mol. The minimum Gasteiger partial charge on any atom is -0.481 e. The Balaban J connectivity index is 2.09. The van der Waals surface area contributed by atoms with Crippen molar-refractivity contribution in [2.45, 2.75) is 70.4 Å². The maximum absolute atomic E-state index is 13.3. The van der Waals surface area contributed by atoms with E-state index >= 15 is 0 Å². The molecule has 1 aromatic heterocycles. The Morgan fingerprint density at radius 1 is 1.06 bits per heavy atom. The summed E-state index contributed by atoms with van der Waals surface area (Å²) in [5, 5.41) is 19.7. The fraction of sp³-hybridized carbons (Fsp3) is 0.565. The van der Waals surface area contributed by atoms with Crippen molar-refractivity contribution in [2.75, 3.05) is 6.16 Å². The number of carboxylic acid groups (broad SMARTS) is 2. The predicted molar refractivity (Wildman–Crippen MR) is 122 cm³/mol. The van der Waals surface area contributed by atoms with Crippen LogP contribution in [0.1, 0.15) is 63.9 Å². The Kier molecular flexibility index (Phi) is 9.79. The Bertz CT molecular complexity index is 908. The van der Waals surface area contributed by atoms with Crippen molar-refractivity contribution >= 4 is 30.2 Å². The molecule has 0 fully saturated rings. The van der Waals surface area contributed by atoms with Gasteiger partial charge in [0.25, 0.3) is 0 Å². The highest BCUT2D eigenvalue weighted by atomic mass is 31.2. The quantitative estimate of drug-likeness (QED) is 0.216. The van der Waals surface area contributed by atoms with Gasteiger partial charge in [-0.25, -0.2) is 0 Å². The summed E-state index contributed by atoms with van der Waals surface area (Å²) in [6.07, 6.45) is 6.42. The second kappa shape index (κ2) is 12.1. The van der Waals surface area contributed by atoms with E-state index < -0.39 is 30.9 Å². The SMILES string of the molecule is CCCCCCC(C(CCC(=O)O)C(=O)O)P(=O)(O)CCCc1c[nH]c2ccccc12. The van der Waals surface area contributed by atoms with Crippen LogP contribution < -0.4 is 0 Å². The van der Waals surface area contributed by atoms with E-state index in [0.717, 1.165) is 35.7 Å². The highest BCUT2D eigenvalue weighted by molar-refractivity contribution is 7.58. The number of hydrogen-bond donors (Lipinski definition) is 4. The molecule has 3 unspecified atom stereocenters. The van der Waals surface area contributed by atoms with Gasteiger partial charge in [-0.1, -0.05) is 50.8 Å². The second-order valence-corrected chi connectivity index (χ2v) is 10.9. The molecule has 0 aliphatic carbocycles. The summed E-state index contributed by atoms with van der Waals surface area (Å²) in [7, 11) is -3.78. The summed E-state index contributed by atoms with van der Waals surface area (Å²) in [5.41, 5.74) is 1.16. The van der Waals surface area contributed by atoms with Crippen LogP contribution in [-0.4, -0.2) is 43.8 Å². The maximum Gasteiger partial charge on any atom is 0.307 e. The van der Waals surface area contributed by atoms with Crippen molar-refractivity contribution in [3.8, 4) is 0 Å². The number of aromatic amines is 1. The zero-order valence-corrected chi connectivity index (χ0v) is 19.0. The largest absolute Gasteiger partial charge is 0.481 e. The van der Waals surface area contributed by atoms with E-state index in [9.17, 15) is 24.2 Å². The molecule has 2 aromatic rings. The van der Waals surface area contributed by atoms with Crippen LogP contribution in [0.5, 0.6) is 0 Å². The number of H-pyrrole nitrogens is 1. The number of rotatable bonds is 15. The number of carboxylic acids is 2. The van der Waals surface area contributed by atoms with Gasteiger partial charge in [0.2, 0.25) is 7.37 Å². The van der Waals surface area contributed by atoms with Crippen molar-refractivity contribution in [1.82, 2.24) is 4.98 Å². The van der Waals surface area contributed by atoms with E-state index in [-0.39, 0.29) is 19.0 Å². The lowest BCUT2D eigenvalue weighted by Gasteiger charge is -2.28. The summed E-state index contributed by atoms with van der Waals surface area (Å²) < 4.78 is 13.3. The number of aliphatic carboxylic acids is 2. The molecular formula is C23H34NO6P. The zero-order chi connectivity index (χ0) is 22.9. The molecule has 0 saturated carbocycles. The van der Waals surface area contributed by atoms with Gasteiger partial charge in [-0.3, -0.25) is 14.2 Å². The lowest BCUT2D eigenvalue weighted by Crippen LogP contribution is -2.30. The lowest BCUT2D eigenvalue weighted by atomic mass is 9.95. The molecule has 3 atom stereocenters. The van der Waals surface area contributed by atoms with Crippen molar-refractivity contribution in [1.29, 1.82) is 0 Å². The highest BCUT2D eigenvalue weighted by Crippen LogP contribution is 2.53. The number of hydrogen-bond acceptors (Lipinski definition) is 3. The predicted octanol–water partition coefficient (Wildman–Crippen LogP) is 5.28. The third-order valence-electron chi connectivity index (χ3n) is 5.92. The summed E-state index contributed by atoms with van der Waals surface area (Å²) >= 11 is 0. The van der Waals surface area contributed by atoms with Crippen molar-refractivity contribution in [3.05, 3.63) is 36.0 Å². The summed E-state index contributed by atoms with van der Waals surface area (Å²) in [6.45, 7) is 2.06. The van der Waals surface area contributed by atoms with Crippen LogP contribution in [0.25, 0.3) is 10.9 Å². The minimum absolute atomic E-state index is 0.0296. The molecule has 0 saturated heterocycles. The molecular weight excluding hydrogens is 417 g/mol. The highest BCUT2D eigenvalue weighted by Gasteiger charge is 2.40. The number of nitrogens with one attached hydrogen (secondary N) is 1. The van der Waals surface area contributed by atoms with Gasteiger partial charge in [0, 0.05) is 35.3 Å². The number of aryl methyl sites for hydroxylation is 1. The molecule has 0 aliphatic rings. The Hall–Kier alpha value is -2.11. The van der Waals surface area contributed by atoms with Crippen LogP contribution in [0.15, 0.2) is 30.5 Å². The Morgan fingerprint density at radius 2 is 1.81 bits per heavy atom.